The molecule has 1 aromatic heterocycles. The summed E-state index contributed by atoms with van der Waals surface area (Å²) < 4.78 is 42.3. The van der Waals surface area contributed by atoms with Crippen molar-refractivity contribution in [3.63, 3.8) is 0 Å². The van der Waals surface area contributed by atoms with E-state index in [1.807, 2.05) is 0 Å². The van der Waals surface area contributed by atoms with Crippen molar-refractivity contribution in [3.8, 4) is 0 Å². The second kappa shape index (κ2) is 9.16. The maximum Gasteiger partial charge on any atom is 0.289 e. The van der Waals surface area contributed by atoms with Crippen LogP contribution < -0.4 is 0 Å². The third-order valence-electron chi connectivity index (χ3n) is 4.84. The van der Waals surface area contributed by atoms with Crippen LogP contribution in [0.2, 0.25) is 0 Å². The van der Waals surface area contributed by atoms with E-state index in [-0.39, 0.29) is 29.8 Å². The summed E-state index contributed by atoms with van der Waals surface area (Å²) in [7, 11) is -2.06. The van der Waals surface area contributed by atoms with E-state index in [2.05, 4.69) is 4.90 Å². The summed E-state index contributed by atoms with van der Waals surface area (Å²) in [5.74, 6) is -0.209. The Morgan fingerprint density at radius 2 is 1.89 bits per heavy atom. The number of rotatable bonds is 6. The maximum absolute atomic E-state index is 12.8. The minimum Gasteiger partial charge on any atom is -0.438 e. The summed E-state index contributed by atoms with van der Waals surface area (Å²) in [6.07, 6.45) is 0.856. The van der Waals surface area contributed by atoms with E-state index >= 15 is 0 Å². The highest BCUT2D eigenvalue weighted by molar-refractivity contribution is 7.89. The van der Waals surface area contributed by atoms with E-state index in [0.29, 0.717) is 32.9 Å². The summed E-state index contributed by atoms with van der Waals surface area (Å²) in [6.45, 7) is 5.65. The van der Waals surface area contributed by atoms with Gasteiger partial charge in [-0.15, -0.1) is 0 Å². The fraction of sp³-hybridized carbons (Fsp3) is 0.706. The van der Waals surface area contributed by atoms with E-state index in [4.69, 9.17) is 13.9 Å². The fourth-order valence-electron chi connectivity index (χ4n) is 3.26. The number of nitrogens with zero attached hydrogens (tertiary/aromatic N) is 3. The lowest BCUT2D eigenvalue weighted by Crippen LogP contribution is -2.40. The molecule has 2 saturated heterocycles. The molecule has 3 rings (SSSR count). The van der Waals surface area contributed by atoms with Crippen LogP contribution in [0.5, 0.6) is 0 Å². The molecule has 152 valence electrons. The van der Waals surface area contributed by atoms with Gasteiger partial charge < -0.3 is 18.8 Å². The average molecular weight is 401 g/mol. The normalized spacial score (nSPS) is 20.6. The summed E-state index contributed by atoms with van der Waals surface area (Å²) in [4.78, 5) is 16.7. The van der Waals surface area contributed by atoms with Crippen LogP contribution in [-0.2, 0) is 19.5 Å². The quantitative estimate of drug-likeness (QED) is 0.667. The number of carbonyl (C=O) groups excluding carboxylic acids is 1. The standard InChI is InChI=1S/C17H27N3O6S/c1-24-12-9-18-5-2-6-19(8-7-18)17(21)15-3-4-16(26-15)27(22,23)20-10-13-25-14-11-20/h3-4H,2,5-14H2,1H3. The number of hydrogen-bond acceptors (Lipinski definition) is 7. The summed E-state index contributed by atoms with van der Waals surface area (Å²) in [6, 6.07) is 2.81. The van der Waals surface area contributed by atoms with Gasteiger partial charge in [0, 0.05) is 46.4 Å². The lowest BCUT2D eigenvalue weighted by molar-refractivity contribution is 0.0704. The molecular weight excluding hydrogens is 374 g/mol. The molecule has 10 heteroatoms. The number of hydrogen-bond donors (Lipinski definition) is 0. The monoisotopic (exact) mass is 401 g/mol. The third kappa shape index (κ3) is 4.88. The van der Waals surface area contributed by atoms with Crippen LogP contribution in [0.3, 0.4) is 0 Å². The molecule has 9 nitrogen and oxygen atoms in total. The second-order valence-electron chi connectivity index (χ2n) is 6.62. The van der Waals surface area contributed by atoms with Gasteiger partial charge in [0.2, 0.25) is 5.09 Å². The number of carbonyl (C=O) groups is 1. The first-order valence-electron chi connectivity index (χ1n) is 9.20. The number of methoxy groups -OCH3 is 1. The number of furan rings is 1. The molecule has 0 bridgehead atoms. The van der Waals surface area contributed by atoms with Crippen LogP contribution in [0.15, 0.2) is 21.6 Å². The van der Waals surface area contributed by atoms with Crippen LogP contribution in [0, 0.1) is 0 Å². The molecular formula is C17H27N3O6S. The lowest BCUT2D eigenvalue weighted by atomic mass is 10.3. The predicted octanol–water partition coefficient (Wildman–Crippen LogP) is 0.0948. The molecule has 2 aliphatic heterocycles. The highest BCUT2D eigenvalue weighted by Crippen LogP contribution is 2.21. The van der Waals surface area contributed by atoms with E-state index in [1.165, 1.54) is 16.4 Å². The van der Waals surface area contributed by atoms with E-state index in [0.717, 1.165) is 26.1 Å². The van der Waals surface area contributed by atoms with Crippen molar-refractivity contribution in [2.24, 2.45) is 0 Å². The van der Waals surface area contributed by atoms with E-state index in [9.17, 15) is 13.2 Å². The Balaban J connectivity index is 1.64. The van der Waals surface area contributed by atoms with Gasteiger partial charge in [0.05, 0.1) is 19.8 Å². The minimum atomic E-state index is -3.74. The Labute approximate surface area is 159 Å². The minimum absolute atomic E-state index is 0.0622. The molecule has 0 spiro atoms. The number of morpholine rings is 1. The Morgan fingerprint density at radius 3 is 2.63 bits per heavy atom. The zero-order valence-electron chi connectivity index (χ0n) is 15.6. The van der Waals surface area contributed by atoms with Crippen LogP contribution in [-0.4, -0.2) is 101 Å². The smallest absolute Gasteiger partial charge is 0.289 e. The topological polar surface area (TPSA) is 92.5 Å². The van der Waals surface area contributed by atoms with Crippen LogP contribution >= 0.6 is 0 Å². The molecule has 0 atom stereocenters. The van der Waals surface area contributed by atoms with Gasteiger partial charge in [-0.05, 0) is 25.1 Å². The van der Waals surface area contributed by atoms with E-state index in [1.54, 1.807) is 12.0 Å². The molecule has 0 radical (unpaired) electrons. The van der Waals surface area contributed by atoms with Crippen LogP contribution in [0.25, 0.3) is 0 Å². The van der Waals surface area contributed by atoms with E-state index < -0.39 is 10.0 Å². The van der Waals surface area contributed by atoms with Crippen LogP contribution in [0.4, 0.5) is 0 Å². The van der Waals surface area contributed by atoms with Crippen molar-refractivity contribution in [1.29, 1.82) is 0 Å². The van der Waals surface area contributed by atoms with Crippen molar-refractivity contribution in [3.05, 3.63) is 17.9 Å². The van der Waals surface area contributed by atoms with Crippen molar-refractivity contribution >= 4 is 15.9 Å². The molecule has 0 unspecified atom stereocenters. The van der Waals surface area contributed by atoms with Gasteiger partial charge in [0.25, 0.3) is 15.9 Å². The number of sulfonamides is 1. The van der Waals surface area contributed by atoms with Crippen molar-refractivity contribution < 1.29 is 27.1 Å². The summed E-state index contributed by atoms with van der Waals surface area (Å²) in [5.41, 5.74) is 0. The first-order valence-corrected chi connectivity index (χ1v) is 10.6. The molecule has 0 saturated carbocycles. The van der Waals surface area contributed by atoms with Crippen molar-refractivity contribution in [1.82, 2.24) is 14.1 Å². The molecule has 2 aliphatic rings. The predicted molar refractivity (Wildman–Crippen MR) is 97.1 cm³/mol. The second-order valence-corrected chi connectivity index (χ2v) is 8.48. The van der Waals surface area contributed by atoms with Crippen LogP contribution in [0.1, 0.15) is 17.0 Å². The van der Waals surface area contributed by atoms with Gasteiger partial charge in [-0.25, -0.2) is 8.42 Å². The Kier molecular flexibility index (Phi) is 6.88. The van der Waals surface area contributed by atoms with Gasteiger partial charge >= 0.3 is 0 Å². The van der Waals surface area contributed by atoms with Gasteiger partial charge in [-0.2, -0.15) is 4.31 Å². The highest BCUT2D eigenvalue weighted by atomic mass is 32.2. The highest BCUT2D eigenvalue weighted by Gasteiger charge is 2.31. The first kappa shape index (κ1) is 20.3. The van der Waals surface area contributed by atoms with Crippen molar-refractivity contribution in [2.45, 2.75) is 11.5 Å². The lowest BCUT2D eigenvalue weighted by Gasteiger charge is -2.24. The zero-order valence-corrected chi connectivity index (χ0v) is 16.4. The Bertz CT molecular complexity index is 729. The third-order valence-corrected chi connectivity index (χ3v) is 6.62. The van der Waals surface area contributed by atoms with Gasteiger partial charge in [0.15, 0.2) is 5.76 Å². The summed E-state index contributed by atoms with van der Waals surface area (Å²) >= 11 is 0. The SMILES string of the molecule is COCCN1CCCN(C(=O)c2ccc(S(=O)(=O)N3CCOCC3)o2)CC1. The molecule has 0 aliphatic carbocycles. The number of amides is 1. The fourth-order valence-corrected chi connectivity index (χ4v) is 4.58. The first-order chi connectivity index (χ1) is 13.0. The Hall–Kier alpha value is -1.46. The van der Waals surface area contributed by atoms with Gasteiger partial charge in [-0.3, -0.25) is 9.69 Å². The average Bonchev–Trinajstić information content (AvgIpc) is 3.08. The molecule has 27 heavy (non-hydrogen) atoms. The molecule has 1 amide bonds. The molecule has 2 fully saturated rings. The molecule has 3 heterocycles. The Morgan fingerprint density at radius 1 is 1.11 bits per heavy atom. The number of ether oxygens (including phenoxy) is 2. The largest absolute Gasteiger partial charge is 0.438 e. The van der Waals surface area contributed by atoms with Crippen molar-refractivity contribution in [2.75, 3.05) is 72.7 Å². The molecule has 1 aromatic rings. The molecule has 0 aromatic carbocycles. The zero-order chi connectivity index (χ0) is 19.3. The maximum atomic E-state index is 12.8. The van der Waals surface area contributed by atoms with Gasteiger partial charge in [0.1, 0.15) is 0 Å². The molecule has 0 N–H and O–H groups in total. The van der Waals surface area contributed by atoms with Gasteiger partial charge in [-0.1, -0.05) is 0 Å². The summed E-state index contributed by atoms with van der Waals surface area (Å²) in [5, 5.41) is -0.190.